The number of hydrogen-bond donors (Lipinski definition) is 2. The zero-order chi connectivity index (χ0) is 38.2. The highest BCUT2D eigenvalue weighted by atomic mass is 32.2. The lowest BCUT2D eigenvalue weighted by Gasteiger charge is -2.29. The van der Waals surface area contributed by atoms with Gasteiger partial charge in [0.2, 0.25) is 12.8 Å². The molecule has 0 spiro atoms. The Hall–Kier alpha value is -4.70. The van der Waals surface area contributed by atoms with Crippen molar-refractivity contribution >= 4 is 42.0 Å². The fraction of sp³-hybridized carbons (Fsp3) is 0.361. The van der Waals surface area contributed by atoms with E-state index < -0.39 is 17.6 Å². The van der Waals surface area contributed by atoms with Crippen LogP contribution in [-0.2, 0) is 29.7 Å². The first kappa shape index (κ1) is 44.3. The van der Waals surface area contributed by atoms with Crippen molar-refractivity contribution in [2.24, 2.45) is 0 Å². The summed E-state index contributed by atoms with van der Waals surface area (Å²) in [6.45, 7) is 9.32. The molecule has 0 aliphatic heterocycles. The van der Waals surface area contributed by atoms with Crippen molar-refractivity contribution in [3.05, 3.63) is 106 Å². The van der Waals surface area contributed by atoms with Crippen LogP contribution in [0.25, 0.3) is 0 Å². The lowest BCUT2D eigenvalue weighted by molar-refractivity contribution is -0.119. The van der Waals surface area contributed by atoms with E-state index in [9.17, 15) is 9.59 Å². The van der Waals surface area contributed by atoms with Gasteiger partial charge in [0.15, 0.2) is 5.82 Å². The van der Waals surface area contributed by atoms with Crippen LogP contribution in [0.1, 0.15) is 25.8 Å². The third-order valence-corrected chi connectivity index (χ3v) is 8.13. The quantitative estimate of drug-likeness (QED) is 0.0865. The molecule has 278 valence electrons. The third kappa shape index (κ3) is 15.0. The number of anilines is 2. The number of aromatic nitrogens is 2. The van der Waals surface area contributed by atoms with Crippen LogP contribution in [-0.4, -0.2) is 100 Å². The second-order valence-electron chi connectivity index (χ2n) is 10.4. The predicted molar refractivity (Wildman–Crippen MR) is 200 cm³/mol. The molecule has 1 heterocycles. The number of rotatable bonds is 18. The molecule has 12 nitrogen and oxygen atoms in total. The molecule has 3 rings (SSSR count). The molecule has 0 saturated carbocycles. The van der Waals surface area contributed by atoms with Gasteiger partial charge in [-0.2, -0.15) is 5.10 Å². The van der Waals surface area contributed by atoms with Gasteiger partial charge < -0.3 is 15.0 Å². The fourth-order valence-electron chi connectivity index (χ4n) is 4.36. The summed E-state index contributed by atoms with van der Waals surface area (Å²) < 4.78 is 35.2. The standard InChI is InChI=1S/C32H38F2N6O3S.C2H5NO2.C2H6/c1-23(19-38(3)17-18-43-5)30(31(42)40(22-41)29-11-8-16-36-37-29)32(44-21-24-12-14-25(35-2)15-13-24)39(4)20-26-27(33)9-6-7-10-28(26)34;1-5-3-2-4;1-2/h6-9,11-16,22,35H,1,10,17-21H2,2-5H3;2H,1H3,(H,3,4);1-2H3/b32-30+;;. The van der Waals surface area contributed by atoms with E-state index in [1.807, 2.05) is 62.6 Å². The second kappa shape index (κ2) is 25.3. The average Bonchev–Trinajstić information content (AvgIpc) is 3.30. The Morgan fingerprint density at radius 2 is 1.82 bits per heavy atom. The van der Waals surface area contributed by atoms with E-state index in [1.54, 1.807) is 25.1 Å². The van der Waals surface area contributed by atoms with Gasteiger partial charge in [-0.3, -0.25) is 24.1 Å². The van der Waals surface area contributed by atoms with Crippen molar-refractivity contribution in [1.82, 2.24) is 25.5 Å². The van der Waals surface area contributed by atoms with Crippen LogP contribution in [0.2, 0.25) is 0 Å². The van der Waals surface area contributed by atoms with Crippen LogP contribution in [0.15, 0.2) is 101 Å². The summed E-state index contributed by atoms with van der Waals surface area (Å²) in [4.78, 5) is 44.2. The fourth-order valence-corrected chi connectivity index (χ4v) is 5.52. The van der Waals surface area contributed by atoms with Gasteiger partial charge in [0.05, 0.1) is 24.3 Å². The van der Waals surface area contributed by atoms with Gasteiger partial charge in [0.25, 0.3) is 5.91 Å². The molecule has 1 aliphatic carbocycles. The lowest BCUT2D eigenvalue weighted by Crippen LogP contribution is -2.36. The number of ether oxygens (including phenoxy) is 1. The van der Waals surface area contributed by atoms with Crippen LogP contribution in [0.5, 0.6) is 0 Å². The molecule has 2 aromatic rings. The number of hydroxylamine groups is 1. The number of nitrogens with one attached hydrogen (secondary N) is 2. The SMILES string of the molecule is C=C(CN(C)CCOC)/C(C(=O)N(C=O)c1cccnn1)=C(\SCc1ccc(NC)cc1)N(C)CC1=C(F)CC=CC=C1F.CC.CONC=O. The van der Waals surface area contributed by atoms with E-state index >= 15 is 8.78 Å². The largest absolute Gasteiger partial charge is 0.388 e. The summed E-state index contributed by atoms with van der Waals surface area (Å²) in [7, 11) is 8.30. The van der Waals surface area contributed by atoms with Crippen LogP contribution < -0.4 is 15.7 Å². The maximum atomic E-state index is 15.0. The number of carbonyl (C=O) groups excluding carboxylic acids is 3. The molecule has 1 aromatic heterocycles. The van der Waals surface area contributed by atoms with E-state index in [4.69, 9.17) is 9.53 Å². The van der Waals surface area contributed by atoms with Crippen molar-refractivity contribution < 1.29 is 32.7 Å². The molecule has 0 unspecified atom stereocenters. The molecule has 3 amide bonds. The van der Waals surface area contributed by atoms with Crippen LogP contribution in [0, 0.1) is 0 Å². The maximum Gasteiger partial charge on any atom is 0.269 e. The Morgan fingerprint density at radius 1 is 1.12 bits per heavy atom. The van der Waals surface area contributed by atoms with Gasteiger partial charge in [-0.15, -0.1) is 16.9 Å². The smallest absolute Gasteiger partial charge is 0.269 e. The number of carbonyl (C=O) groups is 3. The first-order chi connectivity index (χ1) is 24.6. The summed E-state index contributed by atoms with van der Waals surface area (Å²) in [5.41, 5.74) is 4.21. The van der Waals surface area contributed by atoms with Gasteiger partial charge in [-0.25, -0.2) is 19.2 Å². The molecule has 0 bridgehead atoms. The Kier molecular flexibility index (Phi) is 22.0. The van der Waals surface area contributed by atoms with Gasteiger partial charge in [-0.05, 0) is 48.5 Å². The minimum Gasteiger partial charge on any atom is -0.388 e. The van der Waals surface area contributed by atoms with Crippen molar-refractivity contribution in [2.45, 2.75) is 26.0 Å². The normalized spacial score (nSPS) is 12.5. The Bertz CT molecular complexity index is 1520. The number of likely N-dealkylation sites (N-methyl/N-ethyl adjacent to an activating group) is 2. The molecule has 51 heavy (non-hydrogen) atoms. The van der Waals surface area contributed by atoms with E-state index in [-0.39, 0.29) is 36.5 Å². The van der Waals surface area contributed by atoms with Gasteiger partial charge >= 0.3 is 0 Å². The minimum absolute atomic E-state index is 0.0257. The second-order valence-corrected chi connectivity index (χ2v) is 11.4. The molecule has 0 atom stereocenters. The topological polar surface area (TPSA) is 129 Å². The number of methoxy groups -OCH3 is 1. The molecule has 0 saturated heterocycles. The van der Waals surface area contributed by atoms with E-state index in [2.05, 4.69) is 26.9 Å². The zero-order valence-electron chi connectivity index (χ0n) is 30.3. The summed E-state index contributed by atoms with van der Waals surface area (Å²) >= 11 is 1.30. The first-order valence-electron chi connectivity index (χ1n) is 16.0. The van der Waals surface area contributed by atoms with Gasteiger partial charge in [0.1, 0.15) is 11.7 Å². The van der Waals surface area contributed by atoms with Crippen molar-refractivity contribution in [3.63, 3.8) is 0 Å². The Labute approximate surface area is 303 Å². The van der Waals surface area contributed by atoms with Crippen LogP contribution in [0.3, 0.4) is 0 Å². The van der Waals surface area contributed by atoms with Gasteiger partial charge in [0, 0.05) is 70.5 Å². The van der Waals surface area contributed by atoms with E-state index in [0.29, 0.717) is 42.3 Å². The number of halogens is 2. The van der Waals surface area contributed by atoms with Crippen molar-refractivity contribution in [3.8, 4) is 0 Å². The van der Waals surface area contributed by atoms with E-state index in [0.717, 1.165) is 16.2 Å². The summed E-state index contributed by atoms with van der Waals surface area (Å²) in [5, 5.41) is 11.2. The number of amides is 3. The number of allylic oxidation sites excluding steroid dienone is 4. The number of benzene rings is 1. The molecule has 15 heteroatoms. The molecular formula is C36H49F2N7O5S. The van der Waals surface area contributed by atoms with Gasteiger partial charge in [-0.1, -0.05) is 44.7 Å². The summed E-state index contributed by atoms with van der Waals surface area (Å²) in [5.74, 6) is -1.56. The Balaban J connectivity index is 0.00000170. The minimum atomic E-state index is -0.699. The highest BCUT2D eigenvalue weighted by Gasteiger charge is 2.29. The number of thioether (sulfide) groups is 1. The first-order valence-corrected chi connectivity index (χ1v) is 17.0. The number of nitrogens with zero attached hydrogens (tertiary/aromatic N) is 5. The monoisotopic (exact) mass is 729 g/mol. The zero-order valence-corrected chi connectivity index (χ0v) is 31.1. The maximum absolute atomic E-state index is 15.0. The molecule has 0 fully saturated rings. The van der Waals surface area contributed by atoms with Crippen molar-refractivity contribution in [1.29, 1.82) is 0 Å². The number of imide groups is 1. The molecule has 1 aromatic carbocycles. The highest BCUT2D eigenvalue weighted by Crippen LogP contribution is 2.34. The molecular weight excluding hydrogens is 681 g/mol. The lowest BCUT2D eigenvalue weighted by atomic mass is 10.1. The molecule has 2 N–H and O–H groups in total. The molecule has 1 aliphatic rings. The molecule has 0 radical (unpaired) electrons. The Morgan fingerprint density at radius 3 is 2.37 bits per heavy atom. The predicted octanol–water partition coefficient (Wildman–Crippen LogP) is 5.58. The van der Waals surface area contributed by atoms with Crippen LogP contribution >= 0.6 is 11.8 Å². The third-order valence-electron chi connectivity index (χ3n) is 6.87. The number of hydrogen-bond acceptors (Lipinski definition) is 11. The van der Waals surface area contributed by atoms with Crippen LogP contribution in [0.4, 0.5) is 20.3 Å². The average molecular weight is 730 g/mol. The summed E-state index contributed by atoms with van der Waals surface area (Å²) in [6, 6.07) is 10.8. The highest BCUT2D eigenvalue weighted by molar-refractivity contribution is 8.02. The van der Waals surface area contributed by atoms with E-state index in [1.165, 1.54) is 49.4 Å². The summed E-state index contributed by atoms with van der Waals surface area (Å²) in [6.07, 6.45) is 6.43. The van der Waals surface area contributed by atoms with Crippen molar-refractivity contribution in [2.75, 3.05) is 71.8 Å².